The van der Waals surface area contributed by atoms with Crippen LogP contribution >= 0.6 is 15.9 Å². The summed E-state index contributed by atoms with van der Waals surface area (Å²) in [5, 5.41) is 0. The Labute approximate surface area is 128 Å². The Bertz CT molecular complexity index is 463. The van der Waals surface area contributed by atoms with Crippen LogP contribution in [0.25, 0.3) is 0 Å². The minimum Gasteiger partial charge on any atom is -0.481 e. The molecule has 0 spiro atoms. The summed E-state index contributed by atoms with van der Waals surface area (Å²) in [7, 11) is 0. The van der Waals surface area contributed by atoms with Crippen molar-refractivity contribution in [1.29, 1.82) is 0 Å². The molecule has 4 nitrogen and oxygen atoms in total. The Hall–Kier alpha value is -1.07. The van der Waals surface area contributed by atoms with Gasteiger partial charge >= 0.3 is 0 Å². The second kappa shape index (κ2) is 6.59. The average molecular weight is 341 g/mol. The maximum Gasteiger partial charge on any atom is 0.263 e. The molecule has 0 aromatic heterocycles. The number of carbonyl (C=O) groups excluding carboxylic acids is 1. The van der Waals surface area contributed by atoms with Crippen LogP contribution in [0.3, 0.4) is 0 Å². The number of likely N-dealkylation sites (tertiary alicyclic amines) is 1. The Morgan fingerprint density at radius 3 is 2.70 bits per heavy atom. The molecule has 0 bridgehead atoms. The first-order valence-corrected chi connectivity index (χ1v) is 7.73. The van der Waals surface area contributed by atoms with Crippen molar-refractivity contribution < 1.29 is 9.53 Å². The molecule has 2 rings (SSSR count). The molecule has 1 heterocycles. The molecular weight excluding hydrogens is 320 g/mol. The van der Waals surface area contributed by atoms with Crippen molar-refractivity contribution in [2.45, 2.75) is 32.4 Å². The third-order valence-electron chi connectivity index (χ3n) is 3.75. The van der Waals surface area contributed by atoms with Crippen molar-refractivity contribution in [3.8, 4) is 5.75 Å². The fourth-order valence-corrected chi connectivity index (χ4v) is 2.89. The standard InChI is InChI=1S/C15H21BrN2O2/c1-10-7-12(8-17)9-18(10)15(19)11(2)20-14-5-3-13(16)4-6-14/h3-6,10-12H,7-9,17H2,1-2H3. The summed E-state index contributed by atoms with van der Waals surface area (Å²) in [5.74, 6) is 1.15. The maximum absolute atomic E-state index is 12.4. The van der Waals surface area contributed by atoms with E-state index in [0.29, 0.717) is 18.2 Å². The number of halogens is 1. The zero-order valence-corrected chi connectivity index (χ0v) is 13.5. The highest BCUT2D eigenvalue weighted by Gasteiger charge is 2.34. The van der Waals surface area contributed by atoms with Gasteiger partial charge in [0.1, 0.15) is 5.75 Å². The Balaban J connectivity index is 1.96. The number of hydrogen-bond donors (Lipinski definition) is 1. The number of hydrogen-bond acceptors (Lipinski definition) is 3. The summed E-state index contributed by atoms with van der Waals surface area (Å²) in [6.45, 7) is 5.24. The number of rotatable bonds is 4. The van der Waals surface area contributed by atoms with E-state index in [4.69, 9.17) is 10.5 Å². The largest absolute Gasteiger partial charge is 0.481 e. The number of nitrogens with zero attached hydrogens (tertiary/aromatic N) is 1. The second-order valence-corrected chi connectivity index (χ2v) is 6.31. The van der Waals surface area contributed by atoms with Crippen molar-refractivity contribution in [1.82, 2.24) is 4.90 Å². The predicted octanol–water partition coefficient (Wildman–Crippen LogP) is 2.41. The number of carbonyl (C=O) groups is 1. The molecule has 1 saturated heterocycles. The predicted molar refractivity (Wildman–Crippen MR) is 82.6 cm³/mol. The van der Waals surface area contributed by atoms with Gasteiger partial charge in [0.05, 0.1) is 0 Å². The quantitative estimate of drug-likeness (QED) is 0.915. The van der Waals surface area contributed by atoms with E-state index in [9.17, 15) is 4.79 Å². The molecular formula is C15H21BrN2O2. The van der Waals surface area contributed by atoms with Crippen molar-refractivity contribution in [3.05, 3.63) is 28.7 Å². The lowest BCUT2D eigenvalue weighted by molar-refractivity contribution is -0.138. The highest BCUT2D eigenvalue weighted by atomic mass is 79.9. The molecule has 1 amide bonds. The van der Waals surface area contributed by atoms with Gasteiger partial charge in [0, 0.05) is 17.1 Å². The van der Waals surface area contributed by atoms with Gasteiger partial charge in [-0.2, -0.15) is 0 Å². The topological polar surface area (TPSA) is 55.6 Å². The lowest BCUT2D eigenvalue weighted by Crippen LogP contribution is -2.42. The van der Waals surface area contributed by atoms with Crippen molar-refractivity contribution in [2.75, 3.05) is 13.1 Å². The van der Waals surface area contributed by atoms with Gasteiger partial charge in [-0.05, 0) is 57.0 Å². The smallest absolute Gasteiger partial charge is 0.263 e. The van der Waals surface area contributed by atoms with Crippen LogP contribution in [0.4, 0.5) is 0 Å². The molecule has 5 heteroatoms. The normalized spacial score (nSPS) is 23.7. The molecule has 3 unspecified atom stereocenters. The van der Waals surface area contributed by atoms with Crippen molar-refractivity contribution in [3.63, 3.8) is 0 Å². The van der Waals surface area contributed by atoms with Crippen molar-refractivity contribution in [2.24, 2.45) is 11.7 Å². The van der Waals surface area contributed by atoms with Gasteiger partial charge in [-0.1, -0.05) is 15.9 Å². The molecule has 20 heavy (non-hydrogen) atoms. The van der Waals surface area contributed by atoms with Gasteiger partial charge < -0.3 is 15.4 Å². The SMILES string of the molecule is CC(Oc1ccc(Br)cc1)C(=O)N1CC(CN)CC1C. The minimum absolute atomic E-state index is 0.0383. The molecule has 1 aromatic rings. The summed E-state index contributed by atoms with van der Waals surface area (Å²) in [6, 6.07) is 7.74. The van der Waals surface area contributed by atoms with E-state index in [-0.39, 0.29) is 11.9 Å². The molecule has 0 radical (unpaired) electrons. The number of amides is 1. The molecule has 2 N–H and O–H groups in total. The summed E-state index contributed by atoms with van der Waals surface area (Å²) in [4.78, 5) is 14.3. The van der Waals surface area contributed by atoms with Gasteiger partial charge in [0.2, 0.25) is 0 Å². The molecule has 1 fully saturated rings. The van der Waals surface area contributed by atoms with Crippen LogP contribution in [0.15, 0.2) is 28.7 Å². The lowest BCUT2D eigenvalue weighted by Gasteiger charge is -2.25. The van der Waals surface area contributed by atoms with Crippen LogP contribution in [0, 0.1) is 5.92 Å². The first kappa shape index (κ1) is 15.3. The van der Waals surface area contributed by atoms with Gasteiger partial charge in [-0.3, -0.25) is 4.79 Å². The lowest BCUT2D eigenvalue weighted by atomic mass is 10.1. The number of ether oxygens (including phenoxy) is 1. The van der Waals surface area contributed by atoms with Gasteiger partial charge in [-0.15, -0.1) is 0 Å². The van der Waals surface area contributed by atoms with Crippen LogP contribution in [-0.2, 0) is 4.79 Å². The van der Waals surface area contributed by atoms with E-state index in [1.165, 1.54) is 0 Å². The van der Waals surface area contributed by atoms with E-state index >= 15 is 0 Å². The zero-order valence-electron chi connectivity index (χ0n) is 11.9. The van der Waals surface area contributed by atoms with Gasteiger partial charge in [-0.25, -0.2) is 0 Å². The van der Waals surface area contributed by atoms with E-state index in [1.54, 1.807) is 6.92 Å². The molecule has 110 valence electrons. The number of benzene rings is 1. The fraction of sp³-hybridized carbons (Fsp3) is 0.533. The summed E-state index contributed by atoms with van der Waals surface area (Å²) < 4.78 is 6.71. The van der Waals surface area contributed by atoms with E-state index in [0.717, 1.165) is 17.4 Å². The second-order valence-electron chi connectivity index (χ2n) is 5.39. The van der Waals surface area contributed by atoms with Crippen molar-refractivity contribution >= 4 is 21.8 Å². The third kappa shape index (κ3) is 3.52. The van der Waals surface area contributed by atoms with E-state index in [1.807, 2.05) is 29.2 Å². The molecule has 1 aliphatic rings. The summed E-state index contributed by atoms with van der Waals surface area (Å²) >= 11 is 3.37. The zero-order chi connectivity index (χ0) is 14.7. The van der Waals surface area contributed by atoms with Crippen LogP contribution in [0.1, 0.15) is 20.3 Å². The Morgan fingerprint density at radius 1 is 1.50 bits per heavy atom. The highest BCUT2D eigenvalue weighted by Crippen LogP contribution is 2.24. The Kier molecular flexibility index (Phi) is 5.05. The maximum atomic E-state index is 12.4. The van der Waals surface area contributed by atoms with Gasteiger partial charge in [0.15, 0.2) is 6.10 Å². The van der Waals surface area contributed by atoms with Crippen LogP contribution < -0.4 is 10.5 Å². The third-order valence-corrected chi connectivity index (χ3v) is 4.28. The number of nitrogens with two attached hydrogens (primary N) is 1. The minimum atomic E-state index is -0.477. The van der Waals surface area contributed by atoms with E-state index in [2.05, 4.69) is 22.9 Å². The summed E-state index contributed by atoms with van der Waals surface area (Å²) in [6.07, 6.45) is 0.503. The van der Waals surface area contributed by atoms with E-state index < -0.39 is 6.10 Å². The van der Waals surface area contributed by atoms with Crippen LogP contribution in [-0.4, -0.2) is 36.0 Å². The van der Waals surface area contributed by atoms with Crippen LogP contribution in [0.5, 0.6) is 5.75 Å². The highest BCUT2D eigenvalue weighted by molar-refractivity contribution is 9.10. The summed E-state index contributed by atoms with van der Waals surface area (Å²) in [5.41, 5.74) is 5.70. The monoisotopic (exact) mass is 340 g/mol. The Morgan fingerprint density at radius 2 is 2.15 bits per heavy atom. The molecule has 3 atom stereocenters. The van der Waals surface area contributed by atoms with Crippen LogP contribution in [0.2, 0.25) is 0 Å². The molecule has 1 aliphatic heterocycles. The van der Waals surface area contributed by atoms with Gasteiger partial charge in [0.25, 0.3) is 5.91 Å². The average Bonchev–Trinajstić information content (AvgIpc) is 2.81. The molecule has 0 saturated carbocycles. The molecule has 0 aliphatic carbocycles. The first-order valence-electron chi connectivity index (χ1n) is 6.94. The first-order chi connectivity index (χ1) is 9.51. The fourth-order valence-electron chi connectivity index (χ4n) is 2.62. The molecule has 1 aromatic carbocycles.